The van der Waals surface area contributed by atoms with Gasteiger partial charge in [0, 0.05) is 60.6 Å². The van der Waals surface area contributed by atoms with Crippen LogP contribution in [0.1, 0.15) is 16.6 Å². The smallest absolute Gasteiger partial charge is 0.338 e. The summed E-state index contributed by atoms with van der Waals surface area (Å²) < 4.78 is 19.0. The van der Waals surface area contributed by atoms with E-state index in [9.17, 15) is 14.0 Å². The molecule has 2 atom stereocenters. The summed E-state index contributed by atoms with van der Waals surface area (Å²) in [6, 6.07) is 3.05. The maximum Gasteiger partial charge on any atom is 0.338 e. The zero-order chi connectivity index (χ0) is 27.5. The zero-order valence-corrected chi connectivity index (χ0v) is 22.6. The van der Waals surface area contributed by atoms with E-state index in [1.165, 1.54) is 36.6 Å². The van der Waals surface area contributed by atoms with Gasteiger partial charge in [0.05, 0.1) is 25.3 Å². The van der Waals surface area contributed by atoms with Crippen LogP contribution in [0.25, 0.3) is 0 Å². The average molecular weight is 573 g/mol. The van der Waals surface area contributed by atoms with Crippen molar-refractivity contribution >= 4 is 40.8 Å². The highest BCUT2D eigenvalue weighted by atomic mass is 35.5. The number of hydrogen-bond donors (Lipinski definition) is 2. The van der Waals surface area contributed by atoms with Gasteiger partial charge in [0.25, 0.3) is 0 Å². The molecule has 3 aliphatic rings. The number of rotatable bonds is 6. The molecule has 13 heteroatoms. The Morgan fingerprint density at radius 2 is 2.18 bits per heavy atom. The van der Waals surface area contributed by atoms with Crippen LogP contribution in [0.3, 0.4) is 0 Å². The number of esters is 1. The Balaban J connectivity index is 1.45. The van der Waals surface area contributed by atoms with E-state index < -0.39 is 17.8 Å². The van der Waals surface area contributed by atoms with Crippen molar-refractivity contribution in [3.8, 4) is 11.8 Å². The molecular formula is C26H26ClFN6O4S. The van der Waals surface area contributed by atoms with Gasteiger partial charge in [-0.2, -0.15) is 0 Å². The van der Waals surface area contributed by atoms with E-state index in [4.69, 9.17) is 26.4 Å². The van der Waals surface area contributed by atoms with E-state index in [1.54, 1.807) is 11.1 Å². The minimum Gasteiger partial charge on any atom is -0.466 e. The van der Waals surface area contributed by atoms with Gasteiger partial charge in [-0.15, -0.1) is 11.3 Å². The van der Waals surface area contributed by atoms with Crippen molar-refractivity contribution in [3.63, 3.8) is 0 Å². The predicted molar refractivity (Wildman–Crippen MR) is 144 cm³/mol. The largest absolute Gasteiger partial charge is 0.466 e. The second-order valence-electron chi connectivity index (χ2n) is 9.15. The fourth-order valence-corrected chi connectivity index (χ4v) is 5.87. The van der Waals surface area contributed by atoms with Crippen LogP contribution >= 0.6 is 22.9 Å². The van der Waals surface area contributed by atoms with Gasteiger partial charge >= 0.3 is 12.0 Å². The fraction of sp³-hybridized carbons (Fsp3) is 0.385. The maximum absolute atomic E-state index is 13.9. The molecule has 0 spiro atoms. The first-order chi connectivity index (χ1) is 18.9. The molecular weight excluding hydrogens is 547 g/mol. The molecule has 0 saturated carbocycles. The first-order valence-electron chi connectivity index (χ1n) is 12.2. The van der Waals surface area contributed by atoms with Gasteiger partial charge < -0.3 is 25.0 Å². The number of benzene rings is 1. The van der Waals surface area contributed by atoms with Gasteiger partial charge in [-0.25, -0.2) is 19.0 Å². The SMILES string of the molecule is COC(=O)C1=C(CN2CCN3C(=O)N(CC#CCO)C[C@@H]3C2)NC(c2nccs2)=N[C@H]1c1ccc(F)cc1Cl. The van der Waals surface area contributed by atoms with Crippen LogP contribution < -0.4 is 5.32 Å². The number of nitrogens with one attached hydrogen (secondary N) is 1. The number of thiazole rings is 1. The van der Waals surface area contributed by atoms with Crippen LogP contribution in [0.4, 0.5) is 9.18 Å². The lowest BCUT2D eigenvalue weighted by Crippen LogP contribution is -2.53. The quantitative estimate of drug-likeness (QED) is 0.402. The third kappa shape index (κ3) is 5.62. The van der Waals surface area contributed by atoms with Gasteiger partial charge in [0.1, 0.15) is 18.5 Å². The Bertz CT molecular complexity index is 1390. The lowest BCUT2D eigenvalue weighted by Gasteiger charge is -2.38. The van der Waals surface area contributed by atoms with Crippen molar-refractivity contribution in [3.05, 3.63) is 62.5 Å². The fourth-order valence-electron chi connectivity index (χ4n) is 5.02. The summed E-state index contributed by atoms with van der Waals surface area (Å²) >= 11 is 7.82. The van der Waals surface area contributed by atoms with Crippen LogP contribution in [0.15, 0.2) is 46.0 Å². The summed E-state index contributed by atoms with van der Waals surface area (Å²) in [4.78, 5) is 40.8. The number of carbonyl (C=O) groups is 2. The van der Waals surface area contributed by atoms with Gasteiger partial charge in [-0.05, 0) is 12.1 Å². The number of piperazine rings is 1. The number of aliphatic hydroxyl groups excluding tert-OH is 1. The molecule has 204 valence electrons. The number of hydrogen-bond acceptors (Lipinski definition) is 9. The number of ether oxygens (including phenoxy) is 1. The highest BCUT2D eigenvalue weighted by Crippen LogP contribution is 2.37. The Morgan fingerprint density at radius 1 is 1.33 bits per heavy atom. The van der Waals surface area contributed by atoms with Crippen LogP contribution in [-0.2, 0) is 9.53 Å². The molecule has 0 bridgehead atoms. The Hall–Kier alpha value is -3.50. The van der Waals surface area contributed by atoms with Crippen molar-refractivity contribution in [2.45, 2.75) is 12.1 Å². The van der Waals surface area contributed by atoms with E-state index in [-0.39, 0.29) is 35.8 Å². The molecule has 4 heterocycles. The van der Waals surface area contributed by atoms with Gasteiger partial charge in [0.2, 0.25) is 0 Å². The molecule has 2 N–H and O–H groups in total. The predicted octanol–water partition coefficient (Wildman–Crippen LogP) is 1.87. The van der Waals surface area contributed by atoms with E-state index in [0.29, 0.717) is 54.8 Å². The van der Waals surface area contributed by atoms with E-state index in [2.05, 4.69) is 27.0 Å². The molecule has 2 fully saturated rings. The number of amides is 2. The number of halogens is 2. The molecule has 1 aromatic heterocycles. The van der Waals surface area contributed by atoms with E-state index >= 15 is 0 Å². The highest BCUT2D eigenvalue weighted by molar-refractivity contribution is 7.11. The molecule has 0 aliphatic carbocycles. The first kappa shape index (κ1) is 27.1. The van der Waals surface area contributed by atoms with Gasteiger partial charge in [0.15, 0.2) is 10.8 Å². The van der Waals surface area contributed by atoms with E-state index in [1.807, 2.05) is 10.3 Å². The molecule has 0 unspecified atom stereocenters. The topological polar surface area (TPSA) is 111 Å². The van der Waals surface area contributed by atoms with Gasteiger partial charge in [-0.1, -0.05) is 29.5 Å². The van der Waals surface area contributed by atoms with Crippen molar-refractivity contribution in [2.24, 2.45) is 4.99 Å². The van der Waals surface area contributed by atoms with Crippen LogP contribution in [0.2, 0.25) is 5.02 Å². The molecule has 5 rings (SSSR count). The number of aliphatic imine (C=N–C) groups is 1. The van der Waals surface area contributed by atoms with Crippen LogP contribution in [0, 0.1) is 17.7 Å². The van der Waals surface area contributed by atoms with Crippen molar-refractivity contribution in [1.82, 2.24) is 25.0 Å². The summed E-state index contributed by atoms with van der Waals surface area (Å²) in [7, 11) is 1.30. The number of carbonyl (C=O) groups excluding carboxylic acids is 2. The first-order valence-corrected chi connectivity index (χ1v) is 13.5. The number of urea groups is 1. The summed E-state index contributed by atoms with van der Waals surface area (Å²) in [5.74, 6) is 4.79. The maximum atomic E-state index is 13.9. The minimum absolute atomic E-state index is 0.0395. The summed E-state index contributed by atoms with van der Waals surface area (Å²) in [6.07, 6.45) is 1.66. The monoisotopic (exact) mass is 572 g/mol. The van der Waals surface area contributed by atoms with E-state index in [0.717, 1.165) is 0 Å². The molecule has 2 saturated heterocycles. The van der Waals surface area contributed by atoms with Crippen LogP contribution in [-0.4, -0.2) is 102 Å². The number of nitrogens with zero attached hydrogens (tertiary/aromatic N) is 5. The number of aliphatic hydroxyl groups is 1. The molecule has 39 heavy (non-hydrogen) atoms. The Labute approximate surface area is 233 Å². The second kappa shape index (κ2) is 11.7. The standard InChI is InChI=1S/C26H26ClFN6O4S/c1-38-25(36)21-20(15-32-8-9-34-17(13-32)14-33(26(34)37)7-2-3-10-35)30-23(24-29-6-11-39-24)31-22(21)18-5-4-16(28)12-19(18)27/h4-6,11-12,17,22,35H,7-10,13-15H2,1H3,(H,30,31)/t17-,22-/m0/s1. The van der Waals surface area contributed by atoms with Gasteiger partial charge in [-0.3, -0.25) is 9.89 Å². The summed E-state index contributed by atoms with van der Waals surface area (Å²) in [6.45, 7) is 2.58. The molecule has 1 aromatic carbocycles. The molecule has 10 nitrogen and oxygen atoms in total. The molecule has 3 aliphatic heterocycles. The number of amidine groups is 1. The average Bonchev–Trinajstić information content (AvgIpc) is 3.57. The lowest BCUT2D eigenvalue weighted by atomic mass is 9.95. The second-order valence-corrected chi connectivity index (χ2v) is 10.5. The molecule has 2 aromatic rings. The third-order valence-electron chi connectivity index (χ3n) is 6.79. The molecule has 0 radical (unpaired) electrons. The zero-order valence-electron chi connectivity index (χ0n) is 21.1. The normalized spacial score (nSPS) is 21.2. The lowest BCUT2D eigenvalue weighted by molar-refractivity contribution is -0.136. The number of methoxy groups -OCH3 is 1. The number of aromatic nitrogens is 1. The highest BCUT2D eigenvalue weighted by Gasteiger charge is 2.41. The minimum atomic E-state index is -0.837. The van der Waals surface area contributed by atoms with Crippen LogP contribution in [0.5, 0.6) is 0 Å². The van der Waals surface area contributed by atoms with Crippen molar-refractivity contribution < 1.29 is 23.8 Å². The van der Waals surface area contributed by atoms with Crippen molar-refractivity contribution in [2.75, 3.05) is 53.0 Å². The Morgan fingerprint density at radius 3 is 2.90 bits per heavy atom. The Kier molecular flexibility index (Phi) is 8.13. The van der Waals surface area contributed by atoms with Crippen molar-refractivity contribution in [1.29, 1.82) is 0 Å². The summed E-state index contributed by atoms with van der Waals surface area (Å²) in [5.41, 5.74) is 1.32. The summed E-state index contributed by atoms with van der Waals surface area (Å²) in [5, 5.41) is 14.8. The third-order valence-corrected chi connectivity index (χ3v) is 7.90. The number of fused-ring (bicyclic) bond motifs is 1. The molecule has 2 amide bonds.